The van der Waals surface area contributed by atoms with Crippen molar-refractivity contribution in [3.8, 4) is 11.5 Å². The molecule has 2 aromatic rings. The third kappa shape index (κ3) is 3.83. The van der Waals surface area contributed by atoms with Crippen LogP contribution in [0.2, 0.25) is 0 Å². The summed E-state index contributed by atoms with van der Waals surface area (Å²) in [6.07, 6.45) is 0. The third-order valence-corrected chi connectivity index (χ3v) is 5.91. The van der Waals surface area contributed by atoms with Gasteiger partial charge in [-0.25, -0.2) is 9.18 Å². The van der Waals surface area contributed by atoms with Crippen molar-refractivity contribution >= 4 is 23.3 Å². The van der Waals surface area contributed by atoms with Gasteiger partial charge < -0.3 is 24.2 Å². The van der Waals surface area contributed by atoms with E-state index in [1.165, 1.54) is 12.1 Å². The largest absolute Gasteiger partial charge is 0.454 e. The van der Waals surface area contributed by atoms with Crippen molar-refractivity contribution in [2.45, 2.75) is 0 Å². The molecule has 3 aliphatic heterocycles. The second kappa shape index (κ2) is 7.98. The van der Waals surface area contributed by atoms with E-state index in [0.29, 0.717) is 50.8 Å². The molecule has 2 saturated heterocycles. The summed E-state index contributed by atoms with van der Waals surface area (Å²) in [6.45, 7) is 3.76. The van der Waals surface area contributed by atoms with Crippen LogP contribution in [-0.2, 0) is 4.79 Å². The number of hydrogen-bond acceptors (Lipinski definition) is 5. The first-order valence-electron chi connectivity index (χ1n) is 10.3. The summed E-state index contributed by atoms with van der Waals surface area (Å²) in [7, 11) is 0. The van der Waals surface area contributed by atoms with Crippen LogP contribution in [0.3, 0.4) is 0 Å². The number of carbonyl (C=O) groups is 2. The van der Waals surface area contributed by atoms with Crippen LogP contribution in [0.1, 0.15) is 0 Å². The van der Waals surface area contributed by atoms with Crippen LogP contribution in [0.15, 0.2) is 42.5 Å². The first kappa shape index (κ1) is 19.5. The second-order valence-electron chi connectivity index (χ2n) is 7.74. The summed E-state index contributed by atoms with van der Waals surface area (Å²) in [4.78, 5) is 32.8. The summed E-state index contributed by atoms with van der Waals surface area (Å²) in [6, 6.07) is 11.6. The van der Waals surface area contributed by atoms with Gasteiger partial charge in [0.25, 0.3) is 0 Å². The number of fused-ring (bicyclic) bond motifs is 1. The molecule has 162 valence electrons. The number of benzene rings is 2. The van der Waals surface area contributed by atoms with Gasteiger partial charge >= 0.3 is 6.03 Å². The number of urea groups is 1. The minimum absolute atomic E-state index is 0.0559. The first-order valence-corrected chi connectivity index (χ1v) is 10.3. The molecule has 0 aliphatic carbocycles. The zero-order valence-corrected chi connectivity index (χ0v) is 17.0. The number of ether oxygens (including phenoxy) is 2. The average molecular weight is 426 g/mol. The van der Waals surface area contributed by atoms with Gasteiger partial charge in [0.15, 0.2) is 11.5 Å². The minimum Gasteiger partial charge on any atom is -0.454 e. The smallest absolute Gasteiger partial charge is 0.325 e. The molecule has 5 rings (SSSR count). The molecular weight excluding hydrogens is 403 g/mol. The Kier molecular flexibility index (Phi) is 5.01. The zero-order valence-electron chi connectivity index (χ0n) is 17.0. The van der Waals surface area contributed by atoms with E-state index in [4.69, 9.17) is 9.47 Å². The Hall–Kier alpha value is -3.49. The van der Waals surface area contributed by atoms with Gasteiger partial charge in [-0.2, -0.15) is 0 Å². The van der Waals surface area contributed by atoms with E-state index >= 15 is 0 Å². The minimum atomic E-state index is -0.261. The SMILES string of the molecule is O=C(CN1CCN(c2ccc3c(c2)OCO3)C1=O)N1CCN(c2ccc(F)cc2)CC1. The van der Waals surface area contributed by atoms with E-state index in [1.807, 2.05) is 6.07 Å². The van der Waals surface area contributed by atoms with Crippen molar-refractivity contribution in [2.24, 2.45) is 0 Å². The van der Waals surface area contributed by atoms with Gasteiger partial charge in [0.2, 0.25) is 12.7 Å². The maximum Gasteiger partial charge on any atom is 0.325 e. The third-order valence-electron chi connectivity index (χ3n) is 5.91. The Balaban J connectivity index is 1.16. The standard InChI is InChI=1S/C22H23FN4O4/c23-16-1-3-17(4-2-16)24-7-9-25(10-8-24)21(28)14-26-11-12-27(22(26)29)18-5-6-19-20(13-18)31-15-30-19/h1-6,13H,7-12,14-15H2. The molecule has 3 aliphatic rings. The fraction of sp³-hybridized carbons (Fsp3) is 0.364. The molecule has 31 heavy (non-hydrogen) atoms. The Bertz CT molecular complexity index is 992. The molecule has 2 aromatic carbocycles. The van der Waals surface area contributed by atoms with Gasteiger partial charge in [0.1, 0.15) is 12.4 Å². The first-order chi connectivity index (χ1) is 15.1. The highest BCUT2D eigenvalue weighted by molar-refractivity contribution is 5.96. The van der Waals surface area contributed by atoms with Crippen LogP contribution >= 0.6 is 0 Å². The van der Waals surface area contributed by atoms with E-state index in [-0.39, 0.29) is 31.1 Å². The lowest BCUT2D eigenvalue weighted by Gasteiger charge is -2.36. The molecule has 0 radical (unpaired) electrons. The maximum atomic E-state index is 13.1. The summed E-state index contributed by atoms with van der Waals surface area (Å²) >= 11 is 0. The van der Waals surface area contributed by atoms with E-state index in [9.17, 15) is 14.0 Å². The van der Waals surface area contributed by atoms with Gasteiger partial charge in [-0.1, -0.05) is 0 Å². The molecule has 0 unspecified atom stereocenters. The highest BCUT2D eigenvalue weighted by Gasteiger charge is 2.33. The van der Waals surface area contributed by atoms with Gasteiger partial charge in [0.05, 0.1) is 0 Å². The second-order valence-corrected chi connectivity index (χ2v) is 7.74. The average Bonchev–Trinajstić information content (AvgIpc) is 3.40. The molecule has 9 heteroatoms. The van der Waals surface area contributed by atoms with Gasteiger partial charge in [-0.3, -0.25) is 9.69 Å². The lowest BCUT2D eigenvalue weighted by molar-refractivity contribution is -0.131. The zero-order chi connectivity index (χ0) is 21.4. The van der Waals surface area contributed by atoms with Crippen LogP contribution in [0.4, 0.5) is 20.6 Å². The molecule has 3 amide bonds. The molecule has 0 N–H and O–H groups in total. The maximum absolute atomic E-state index is 13.1. The van der Waals surface area contributed by atoms with E-state index in [0.717, 1.165) is 11.4 Å². The molecule has 0 saturated carbocycles. The number of piperazine rings is 1. The Morgan fingerprint density at radius 3 is 2.35 bits per heavy atom. The van der Waals surface area contributed by atoms with Crippen LogP contribution in [0.25, 0.3) is 0 Å². The fourth-order valence-corrected chi connectivity index (χ4v) is 4.15. The summed E-state index contributed by atoms with van der Waals surface area (Å²) < 4.78 is 23.8. The van der Waals surface area contributed by atoms with Crippen LogP contribution in [0, 0.1) is 5.82 Å². The van der Waals surface area contributed by atoms with Crippen molar-refractivity contribution in [3.63, 3.8) is 0 Å². The number of nitrogens with zero attached hydrogens (tertiary/aromatic N) is 4. The van der Waals surface area contributed by atoms with E-state index in [2.05, 4.69) is 4.90 Å². The normalized spacial score (nSPS) is 18.2. The van der Waals surface area contributed by atoms with Crippen molar-refractivity contribution in [3.05, 3.63) is 48.3 Å². The molecule has 8 nitrogen and oxygen atoms in total. The highest BCUT2D eigenvalue weighted by atomic mass is 19.1. The van der Waals surface area contributed by atoms with E-state index < -0.39 is 0 Å². The molecule has 0 atom stereocenters. The van der Waals surface area contributed by atoms with Crippen molar-refractivity contribution in [2.75, 3.05) is 62.4 Å². The number of carbonyl (C=O) groups excluding carboxylic acids is 2. The summed E-state index contributed by atoms with van der Waals surface area (Å²) in [5, 5.41) is 0. The predicted molar refractivity (Wildman–Crippen MR) is 112 cm³/mol. The summed E-state index contributed by atoms with van der Waals surface area (Å²) in [5.74, 6) is 0.975. The molecule has 0 aromatic heterocycles. The monoisotopic (exact) mass is 426 g/mol. The van der Waals surface area contributed by atoms with Gasteiger partial charge in [-0.15, -0.1) is 0 Å². The fourth-order valence-electron chi connectivity index (χ4n) is 4.15. The predicted octanol–water partition coefficient (Wildman–Crippen LogP) is 2.15. The quantitative estimate of drug-likeness (QED) is 0.750. The lowest BCUT2D eigenvalue weighted by Crippen LogP contribution is -2.51. The number of halogens is 1. The Morgan fingerprint density at radius 2 is 1.58 bits per heavy atom. The number of rotatable bonds is 4. The Morgan fingerprint density at radius 1 is 0.871 bits per heavy atom. The van der Waals surface area contributed by atoms with Crippen molar-refractivity contribution in [1.82, 2.24) is 9.80 Å². The van der Waals surface area contributed by atoms with Crippen LogP contribution < -0.4 is 19.3 Å². The Labute approximate surface area is 179 Å². The molecule has 0 spiro atoms. The number of hydrogen-bond donors (Lipinski definition) is 0. The topological polar surface area (TPSA) is 65.6 Å². The molecule has 2 fully saturated rings. The molecule has 3 heterocycles. The summed E-state index contributed by atoms with van der Waals surface area (Å²) in [5.41, 5.74) is 1.68. The molecule has 0 bridgehead atoms. The highest BCUT2D eigenvalue weighted by Crippen LogP contribution is 2.36. The van der Waals surface area contributed by atoms with Gasteiger partial charge in [0, 0.05) is 56.7 Å². The van der Waals surface area contributed by atoms with Crippen molar-refractivity contribution < 1.29 is 23.5 Å². The van der Waals surface area contributed by atoms with Crippen LogP contribution in [-0.4, -0.2) is 74.3 Å². The van der Waals surface area contributed by atoms with Crippen molar-refractivity contribution in [1.29, 1.82) is 0 Å². The van der Waals surface area contributed by atoms with Crippen LogP contribution in [0.5, 0.6) is 11.5 Å². The van der Waals surface area contributed by atoms with Gasteiger partial charge in [-0.05, 0) is 36.4 Å². The number of amides is 3. The molecular formula is C22H23FN4O4. The lowest BCUT2D eigenvalue weighted by atomic mass is 10.2. The van der Waals surface area contributed by atoms with E-state index in [1.54, 1.807) is 39.0 Å². The number of anilines is 2.